The van der Waals surface area contributed by atoms with Crippen molar-refractivity contribution in [3.8, 4) is 22.3 Å². The van der Waals surface area contributed by atoms with Crippen molar-refractivity contribution in [3.63, 3.8) is 0 Å². The number of hydrogen-bond donors (Lipinski definition) is 0. The van der Waals surface area contributed by atoms with E-state index in [2.05, 4.69) is 84.9 Å². The lowest BCUT2D eigenvalue weighted by Crippen LogP contribution is -2.74. The Morgan fingerprint density at radius 3 is 1.00 bits per heavy atom. The number of benzene rings is 6. The highest BCUT2D eigenvalue weighted by Gasteiger charge is 2.41. The van der Waals surface area contributed by atoms with Crippen molar-refractivity contribution in [1.82, 2.24) is 0 Å². The Balaban J connectivity index is 1.57. The molecular formula is C36H26F2Si. The van der Waals surface area contributed by atoms with E-state index >= 15 is 0 Å². The minimum Gasteiger partial charge on any atom is -0.207 e. The molecule has 39 heavy (non-hydrogen) atoms. The molecule has 0 aromatic heterocycles. The maximum Gasteiger partial charge on any atom is 0.179 e. The van der Waals surface area contributed by atoms with Crippen LogP contribution in [0.3, 0.4) is 0 Å². The van der Waals surface area contributed by atoms with Gasteiger partial charge in [-0.3, -0.25) is 0 Å². The van der Waals surface area contributed by atoms with Gasteiger partial charge in [0.2, 0.25) is 0 Å². The maximum atomic E-state index is 14.2. The molecule has 6 aromatic rings. The molecule has 1 unspecified atom stereocenters. The van der Waals surface area contributed by atoms with E-state index in [1.807, 2.05) is 36.4 Å². The topological polar surface area (TPSA) is 0 Å². The van der Waals surface area contributed by atoms with E-state index < -0.39 is 8.07 Å². The van der Waals surface area contributed by atoms with Gasteiger partial charge < -0.3 is 0 Å². The standard InChI is InChI=1S/C36H26F2Si/c37-31-17-11-28(12-18-31)30-15-23-35(24-16-30)39(33-9-5-2-6-10-33,36-25-19-32(38)20-26-36)34-21-13-29(14-22-34)27-7-3-1-4-8-27/h1-26H. The van der Waals surface area contributed by atoms with Crippen LogP contribution in [-0.2, 0) is 0 Å². The third-order valence-electron chi connectivity index (χ3n) is 7.40. The highest BCUT2D eigenvalue weighted by Crippen LogP contribution is 2.21. The summed E-state index contributed by atoms with van der Waals surface area (Å²) < 4.78 is 27.7. The molecule has 0 bridgehead atoms. The first-order valence-corrected chi connectivity index (χ1v) is 15.0. The van der Waals surface area contributed by atoms with Crippen LogP contribution in [0.1, 0.15) is 0 Å². The van der Waals surface area contributed by atoms with Crippen LogP contribution < -0.4 is 20.7 Å². The van der Waals surface area contributed by atoms with Crippen LogP contribution >= 0.6 is 0 Å². The molecule has 0 spiro atoms. The van der Waals surface area contributed by atoms with Gasteiger partial charge in [-0.15, -0.1) is 0 Å². The largest absolute Gasteiger partial charge is 0.207 e. The highest BCUT2D eigenvalue weighted by atomic mass is 28.3. The zero-order valence-corrected chi connectivity index (χ0v) is 22.3. The zero-order valence-electron chi connectivity index (χ0n) is 21.3. The summed E-state index contributed by atoms with van der Waals surface area (Å²) in [7, 11) is -2.81. The average molecular weight is 525 g/mol. The average Bonchev–Trinajstić information content (AvgIpc) is 3.00. The smallest absolute Gasteiger partial charge is 0.179 e. The Morgan fingerprint density at radius 1 is 0.282 bits per heavy atom. The molecule has 0 amide bonds. The first-order chi connectivity index (χ1) is 19.1. The first-order valence-electron chi connectivity index (χ1n) is 13.0. The fourth-order valence-electron chi connectivity index (χ4n) is 5.49. The maximum absolute atomic E-state index is 14.2. The van der Waals surface area contributed by atoms with Crippen molar-refractivity contribution in [2.45, 2.75) is 0 Å². The highest BCUT2D eigenvalue weighted by molar-refractivity contribution is 7.19. The van der Waals surface area contributed by atoms with Gasteiger partial charge in [0, 0.05) is 0 Å². The van der Waals surface area contributed by atoms with Crippen LogP contribution in [0.5, 0.6) is 0 Å². The molecule has 0 N–H and O–H groups in total. The second kappa shape index (κ2) is 10.6. The summed E-state index contributed by atoms with van der Waals surface area (Å²) in [5, 5.41) is 4.74. The normalized spacial score (nSPS) is 12.6. The number of hydrogen-bond acceptors (Lipinski definition) is 0. The van der Waals surface area contributed by atoms with Crippen molar-refractivity contribution in [1.29, 1.82) is 0 Å². The van der Waals surface area contributed by atoms with Crippen LogP contribution in [0.25, 0.3) is 22.3 Å². The van der Waals surface area contributed by atoms with E-state index in [0.29, 0.717) is 0 Å². The zero-order chi connectivity index (χ0) is 26.7. The Bertz CT molecular complexity index is 1660. The van der Waals surface area contributed by atoms with E-state index in [-0.39, 0.29) is 11.6 Å². The Morgan fingerprint density at radius 2 is 0.564 bits per heavy atom. The van der Waals surface area contributed by atoms with Gasteiger partial charge in [-0.05, 0) is 67.3 Å². The van der Waals surface area contributed by atoms with E-state index in [0.717, 1.165) is 21.9 Å². The molecule has 0 aliphatic rings. The lowest BCUT2D eigenvalue weighted by Gasteiger charge is -2.34. The Labute approximate surface area is 228 Å². The summed E-state index contributed by atoms with van der Waals surface area (Å²) in [6, 6.07) is 51.9. The summed E-state index contributed by atoms with van der Waals surface area (Å²) in [6.07, 6.45) is 0. The van der Waals surface area contributed by atoms with Crippen LogP contribution in [0, 0.1) is 11.6 Å². The van der Waals surface area contributed by atoms with Crippen LogP contribution in [0.15, 0.2) is 158 Å². The van der Waals surface area contributed by atoms with Crippen LogP contribution in [-0.4, -0.2) is 8.07 Å². The quantitative estimate of drug-likeness (QED) is 0.169. The van der Waals surface area contributed by atoms with E-state index in [4.69, 9.17) is 0 Å². The molecule has 0 fully saturated rings. The molecule has 0 nitrogen and oxygen atoms in total. The predicted molar refractivity (Wildman–Crippen MR) is 161 cm³/mol. The molecule has 0 radical (unpaired) electrons. The molecule has 3 heteroatoms. The van der Waals surface area contributed by atoms with Crippen molar-refractivity contribution in [3.05, 3.63) is 169 Å². The summed E-state index contributed by atoms with van der Waals surface area (Å²) in [5.41, 5.74) is 4.31. The Kier molecular flexibility index (Phi) is 6.74. The van der Waals surface area contributed by atoms with Crippen LogP contribution in [0.2, 0.25) is 0 Å². The summed E-state index contributed by atoms with van der Waals surface area (Å²) in [6.45, 7) is 0. The molecule has 6 aromatic carbocycles. The molecule has 6 rings (SSSR count). The molecular weight excluding hydrogens is 498 g/mol. The third-order valence-corrected chi connectivity index (χ3v) is 12.2. The number of halogens is 2. The van der Waals surface area contributed by atoms with Crippen molar-refractivity contribution < 1.29 is 8.78 Å². The lowest BCUT2D eigenvalue weighted by molar-refractivity contribution is 0.627. The van der Waals surface area contributed by atoms with Gasteiger partial charge in [-0.1, -0.05) is 133 Å². The van der Waals surface area contributed by atoms with E-state index in [1.54, 1.807) is 24.3 Å². The minimum atomic E-state index is -2.81. The van der Waals surface area contributed by atoms with Gasteiger partial charge in [0.25, 0.3) is 0 Å². The second-order valence-corrected chi connectivity index (χ2v) is 13.5. The van der Waals surface area contributed by atoms with Crippen molar-refractivity contribution >= 4 is 28.8 Å². The van der Waals surface area contributed by atoms with Gasteiger partial charge >= 0.3 is 0 Å². The molecule has 1 atom stereocenters. The summed E-state index contributed by atoms with van der Waals surface area (Å²) in [5.74, 6) is -0.498. The molecule has 0 saturated carbocycles. The molecule has 0 aliphatic carbocycles. The fraction of sp³-hybridized carbons (Fsp3) is 0. The van der Waals surface area contributed by atoms with Gasteiger partial charge in [0.15, 0.2) is 8.07 Å². The number of rotatable bonds is 6. The SMILES string of the molecule is Fc1ccc(-c2ccc([Si](c3ccccc3)(c3ccc(F)cc3)c3ccc(-c4ccccc4)cc3)cc2)cc1. The van der Waals surface area contributed by atoms with E-state index in [1.165, 1.54) is 33.3 Å². The molecule has 0 aliphatic heterocycles. The van der Waals surface area contributed by atoms with Crippen molar-refractivity contribution in [2.24, 2.45) is 0 Å². The van der Waals surface area contributed by atoms with Gasteiger partial charge in [0.1, 0.15) is 11.6 Å². The lowest BCUT2D eigenvalue weighted by atomic mass is 10.1. The fourth-order valence-corrected chi connectivity index (χ4v) is 10.2. The predicted octanol–water partition coefficient (Wildman–Crippen LogP) is 6.68. The summed E-state index contributed by atoms with van der Waals surface area (Å²) >= 11 is 0. The van der Waals surface area contributed by atoms with Gasteiger partial charge in [-0.2, -0.15) is 0 Å². The Hall–Kier alpha value is -4.60. The monoisotopic (exact) mass is 524 g/mol. The first kappa shape index (κ1) is 24.7. The van der Waals surface area contributed by atoms with E-state index in [9.17, 15) is 8.78 Å². The van der Waals surface area contributed by atoms with Gasteiger partial charge in [0.05, 0.1) is 0 Å². The molecule has 0 saturated heterocycles. The van der Waals surface area contributed by atoms with Gasteiger partial charge in [-0.25, -0.2) is 8.78 Å². The minimum absolute atomic E-state index is 0.249. The second-order valence-electron chi connectivity index (χ2n) is 9.65. The van der Waals surface area contributed by atoms with Crippen molar-refractivity contribution in [2.75, 3.05) is 0 Å². The molecule has 188 valence electrons. The molecule has 0 heterocycles. The third kappa shape index (κ3) is 4.73. The summed E-state index contributed by atoms with van der Waals surface area (Å²) in [4.78, 5) is 0. The van der Waals surface area contributed by atoms with Crippen LogP contribution in [0.4, 0.5) is 8.78 Å².